The molecule has 11 nitrogen and oxygen atoms in total. The van der Waals surface area contributed by atoms with E-state index >= 15 is 0 Å². The van der Waals surface area contributed by atoms with Crippen LogP contribution in [0.1, 0.15) is 47.8 Å². The zero-order valence-electron chi connectivity index (χ0n) is 20.8. The van der Waals surface area contributed by atoms with Crippen molar-refractivity contribution in [3.8, 4) is 5.75 Å². The van der Waals surface area contributed by atoms with Gasteiger partial charge >= 0.3 is 17.8 Å². The summed E-state index contributed by atoms with van der Waals surface area (Å²) in [6.07, 6.45) is 0. The van der Waals surface area contributed by atoms with Crippen LogP contribution in [-0.4, -0.2) is 54.7 Å². The quantitative estimate of drug-likeness (QED) is 0.159. The number of nitrogens with zero attached hydrogens (tertiary/aromatic N) is 1. The third kappa shape index (κ3) is 5.25. The molecule has 0 aromatic heterocycles. The van der Waals surface area contributed by atoms with Crippen molar-refractivity contribution in [2.75, 3.05) is 25.6 Å². The molecule has 0 saturated carbocycles. The summed E-state index contributed by atoms with van der Waals surface area (Å²) in [6, 6.07) is 10.0. The monoisotopic (exact) mass is 497 g/mol. The summed E-state index contributed by atoms with van der Waals surface area (Å²) in [5, 5.41) is 13.6. The summed E-state index contributed by atoms with van der Waals surface area (Å²) in [7, 11) is 1.51. The fourth-order valence-electron chi connectivity index (χ4n) is 3.99. The van der Waals surface area contributed by atoms with Gasteiger partial charge in [-0.2, -0.15) is 0 Å². The van der Waals surface area contributed by atoms with E-state index in [1.165, 1.54) is 7.11 Å². The SMILES string of the molecule is CCNc1cc(C(=N)N)ccc1CNC(=O)[C@](OCC)(OC(C)=O)N1Cc2cc(OC)ccc2C1=O. The number of nitrogens with one attached hydrogen (secondary N) is 3. The van der Waals surface area contributed by atoms with E-state index in [4.69, 9.17) is 25.4 Å². The van der Waals surface area contributed by atoms with Gasteiger partial charge in [0.1, 0.15) is 11.6 Å². The average molecular weight is 498 g/mol. The van der Waals surface area contributed by atoms with Crippen LogP contribution in [0.15, 0.2) is 36.4 Å². The minimum atomic E-state index is -2.32. The lowest BCUT2D eigenvalue weighted by Gasteiger charge is -2.37. The maximum atomic E-state index is 13.6. The van der Waals surface area contributed by atoms with Crippen molar-refractivity contribution < 1.29 is 28.6 Å². The standard InChI is InChI=1S/C25H31N5O6/c1-5-28-21-12-16(22(26)27)7-8-17(21)13-29-24(33)25(35-6-2,36-15(3)31)30-14-18-11-19(34-4)9-10-20(18)23(30)32/h7-12,28H,5-6,13-14H2,1-4H3,(H3,26,27)(H,29,33)/t25-/m0/s1. The Labute approximate surface area is 209 Å². The second kappa shape index (κ2) is 11.1. The highest BCUT2D eigenvalue weighted by Gasteiger charge is 2.54. The van der Waals surface area contributed by atoms with Gasteiger partial charge < -0.3 is 30.6 Å². The molecule has 2 aromatic rings. The van der Waals surface area contributed by atoms with Crippen LogP contribution in [0.4, 0.5) is 5.69 Å². The molecule has 2 amide bonds. The first-order chi connectivity index (χ1) is 17.2. The predicted molar refractivity (Wildman–Crippen MR) is 132 cm³/mol. The van der Waals surface area contributed by atoms with Gasteiger partial charge in [0, 0.05) is 36.8 Å². The number of methoxy groups -OCH3 is 1. The number of nitrogens with two attached hydrogens (primary N) is 1. The Morgan fingerprint density at radius 1 is 1.19 bits per heavy atom. The molecule has 0 aliphatic carbocycles. The third-order valence-corrected chi connectivity index (χ3v) is 5.61. The number of carbonyl (C=O) groups excluding carboxylic acids is 3. The molecular weight excluding hydrogens is 466 g/mol. The average Bonchev–Trinajstić information content (AvgIpc) is 3.18. The van der Waals surface area contributed by atoms with Gasteiger partial charge in [0.2, 0.25) is 0 Å². The predicted octanol–water partition coefficient (Wildman–Crippen LogP) is 1.94. The van der Waals surface area contributed by atoms with Crippen LogP contribution in [0.2, 0.25) is 0 Å². The molecule has 0 unspecified atom stereocenters. The van der Waals surface area contributed by atoms with Crippen LogP contribution in [0.25, 0.3) is 0 Å². The van der Waals surface area contributed by atoms with Gasteiger partial charge in [-0.25, -0.2) is 0 Å². The van der Waals surface area contributed by atoms with Crippen molar-refractivity contribution in [3.63, 3.8) is 0 Å². The van der Waals surface area contributed by atoms with Crippen molar-refractivity contribution in [1.29, 1.82) is 5.41 Å². The fourth-order valence-corrected chi connectivity index (χ4v) is 3.99. The molecule has 1 atom stereocenters. The Morgan fingerprint density at radius 3 is 2.56 bits per heavy atom. The van der Waals surface area contributed by atoms with E-state index in [1.54, 1.807) is 43.3 Å². The molecule has 36 heavy (non-hydrogen) atoms. The number of hydrogen-bond acceptors (Lipinski definition) is 8. The van der Waals surface area contributed by atoms with E-state index < -0.39 is 23.7 Å². The number of carbonyl (C=O) groups is 3. The number of nitrogen functional groups attached to an aromatic ring is 1. The van der Waals surface area contributed by atoms with Crippen LogP contribution in [-0.2, 0) is 32.2 Å². The van der Waals surface area contributed by atoms with Gasteiger partial charge in [-0.05, 0) is 49.2 Å². The van der Waals surface area contributed by atoms with Crippen LogP contribution in [0, 0.1) is 5.41 Å². The van der Waals surface area contributed by atoms with E-state index in [9.17, 15) is 14.4 Å². The van der Waals surface area contributed by atoms with E-state index in [2.05, 4.69) is 10.6 Å². The number of esters is 1. The number of ether oxygens (including phenoxy) is 3. The highest BCUT2D eigenvalue weighted by Crippen LogP contribution is 2.34. The van der Waals surface area contributed by atoms with Crippen molar-refractivity contribution in [2.24, 2.45) is 5.73 Å². The summed E-state index contributed by atoms with van der Waals surface area (Å²) in [5.41, 5.74) is 8.47. The highest BCUT2D eigenvalue weighted by molar-refractivity contribution is 6.02. The first-order valence-electron chi connectivity index (χ1n) is 11.5. The van der Waals surface area contributed by atoms with Crippen LogP contribution >= 0.6 is 0 Å². The molecule has 1 aliphatic heterocycles. The van der Waals surface area contributed by atoms with Gasteiger partial charge in [-0.3, -0.25) is 24.7 Å². The minimum Gasteiger partial charge on any atom is -0.497 e. The number of rotatable bonds is 11. The van der Waals surface area contributed by atoms with Crippen LogP contribution < -0.4 is 21.1 Å². The van der Waals surface area contributed by atoms with Crippen LogP contribution in [0.5, 0.6) is 5.75 Å². The molecule has 0 radical (unpaired) electrons. The molecule has 192 valence electrons. The molecular formula is C25H31N5O6. The number of benzene rings is 2. The molecule has 0 spiro atoms. The highest BCUT2D eigenvalue weighted by atomic mass is 16.7. The maximum Gasteiger partial charge on any atom is 0.383 e. The summed E-state index contributed by atoms with van der Waals surface area (Å²) >= 11 is 0. The molecule has 0 bridgehead atoms. The van der Waals surface area contributed by atoms with Crippen molar-refractivity contribution >= 4 is 29.3 Å². The van der Waals surface area contributed by atoms with Gasteiger partial charge in [0.05, 0.1) is 20.3 Å². The Morgan fingerprint density at radius 2 is 1.94 bits per heavy atom. The zero-order chi connectivity index (χ0) is 26.5. The van der Waals surface area contributed by atoms with Gasteiger partial charge in [-0.15, -0.1) is 0 Å². The minimum absolute atomic E-state index is 0.0138. The van der Waals surface area contributed by atoms with Crippen molar-refractivity contribution in [1.82, 2.24) is 10.2 Å². The molecule has 3 rings (SSSR count). The molecule has 5 N–H and O–H groups in total. The third-order valence-electron chi connectivity index (χ3n) is 5.61. The maximum absolute atomic E-state index is 13.6. The Balaban J connectivity index is 1.94. The first kappa shape index (κ1) is 26.5. The van der Waals surface area contributed by atoms with Crippen molar-refractivity contribution in [3.05, 3.63) is 58.7 Å². The molecule has 0 saturated heterocycles. The molecule has 1 heterocycles. The normalized spacial score (nSPS) is 14.0. The lowest BCUT2D eigenvalue weighted by Crippen LogP contribution is -2.63. The van der Waals surface area contributed by atoms with Crippen LogP contribution in [0.3, 0.4) is 0 Å². The second-order valence-corrected chi connectivity index (χ2v) is 8.02. The van der Waals surface area contributed by atoms with Crippen molar-refractivity contribution in [2.45, 2.75) is 39.8 Å². The Kier molecular flexibility index (Phi) is 8.15. The topological polar surface area (TPSA) is 156 Å². The van der Waals surface area contributed by atoms with Gasteiger partial charge in [0.25, 0.3) is 5.91 Å². The zero-order valence-corrected chi connectivity index (χ0v) is 20.8. The van der Waals surface area contributed by atoms with E-state index in [-0.39, 0.29) is 25.5 Å². The molecule has 2 aromatic carbocycles. The molecule has 1 aliphatic rings. The smallest absolute Gasteiger partial charge is 0.383 e. The Hall–Kier alpha value is -4.12. The lowest BCUT2D eigenvalue weighted by atomic mass is 10.1. The number of anilines is 1. The summed E-state index contributed by atoms with van der Waals surface area (Å²) in [5.74, 6) is -3.98. The number of fused-ring (bicyclic) bond motifs is 1. The first-order valence-corrected chi connectivity index (χ1v) is 11.5. The molecule has 0 fully saturated rings. The summed E-state index contributed by atoms with van der Waals surface area (Å²) in [4.78, 5) is 40.1. The van der Waals surface area contributed by atoms with E-state index in [1.807, 2.05) is 6.92 Å². The van der Waals surface area contributed by atoms with Gasteiger partial charge in [0.15, 0.2) is 0 Å². The largest absolute Gasteiger partial charge is 0.497 e. The summed E-state index contributed by atoms with van der Waals surface area (Å²) < 4.78 is 16.4. The fraction of sp³-hybridized carbons (Fsp3) is 0.360. The van der Waals surface area contributed by atoms with E-state index in [0.717, 1.165) is 11.8 Å². The molecule has 11 heteroatoms. The van der Waals surface area contributed by atoms with Gasteiger partial charge in [-0.1, -0.05) is 12.1 Å². The Bertz CT molecular complexity index is 1180. The summed E-state index contributed by atoms with van der Waals surface area (Å²) in [6.45, 7) is 5.27. The second-order valence-electron chi connectivity index (χ2n) is 8.02. The lowest BCUT2D eigenvalue weighted by molar-refractivity contribution is -0.272. The number of amidine groups is 1. The van der Waals surface area contributed by atoms with E-state index in [0.29, 0.717) is 40.2 Å². The number of hydrogen-bond donors (Lipinski definition) is 4. The number of amides is 2.